The second-order valence-corrected chi connectivity index (χ2v) is 6.56. The normalized spacial score (nSPS) is 25.6. The van der Waals surface area contributed by atoms with Crippen molar-refractivity contribution in [3.05, 3.63) is 0 Å². The number of carbonyl (C=O) groups excluding carboxylic acids is 1. The molecule has 0 bridgehead atoms. The highest BCUT2D eigenvalue weighted by atomic mass is 32.2. The molecular formula is C14H26N2O3S. The molecule has 116 valence electrons. The van der Waals surface area contributed by atoms with Gasteiger partial charge in [0.2, 0.25) is 0 Å². The number of carboxylic acid groups (broad SMARTS) is 1. The van der Waals surface area contributed by atoms with E-state index in [2.05, 4.69) is 16.9 Å². The molecule has 0 aliphatic heterocycles. The summed E-state index contributed by atoms with van der Waals surface area (Å²) in [5.41, 5.74) is 0. The van der Waals surface area contributed by atoms with Gasteiger partial charge in [0.25, 0.3) is 0 Å². The third-order valence-electron chi connectivity index (χ3n) is 4.09. The summed E-state index contributed by atoms with van der Waals surface area (Å²) >= 11 is 1.77. The predicted molar refractivity (Wildman–Crippen MR) is 82.1 cm³/mol. The highest BCUT2D eigenvalue weighted by Gasteiger charge is 2.29. The maximum atomic E-state index is 12.0. The van der Waals surface area contributed by atoms with Crippen molar-refractivity contribution < 1.29 is 14.7 Å². The number of carboxylic acids is 1. The second kappa shape index (κ2) is 8.39. The number of urea groups is 1. The SMILES string of the molecule is CC[C@H](C)[C@H](NC(=O)NC1CCCCC1SC)C(=O)O. The molecule has 2 amide bonds. The first kappa shape index (κ1) is 17.1. The average molecular weight is 302 g/mol. The summed E-state index contributed by atoms with van der Waals surface area (Å²) < 4.78 is 0. The number of hydrogen-bond acceptors (Lipinski definition) is 3. The van der Waals surface area contributed by atoms with E-state index >= 15 is 0 Å². The first-order valence-corrected chi connectivity index (χ1v) is 8.61. The minimum atomic E-state index is -0.973. The van der Waals surface area contributed by atoms with Gasteiger partial charge in [-0.1, -0.05) is 33.1 Å². The Morgan fingerprint density at radius 3 is 2.55 bits per heavy atom. The Balaban J connectivity index is 2.54. The quantitative estimate of drug-likeness (QED) is 0.704. The summed E-state index contributed by atoms with van der Waals surface area (Å²) in [6, 6.07) is -1.04. The lowest BCUT2D eigenvalue weighted by molar-refractivity contribution is -0.140. The molecular weight excluding hydrogens is 276 g/mol. The van der Waals surface area contributed by atoms with Gasteiger partial charge in [-0.15, -0.1) is 0 Å². The Morgan fingerprint density at radius 2 is 2.00 bits per heavy atom. The van der Waals surface area contributed by atoms with Crippen LogP contribution in [-0.4, -0.2) is 40.7 Å². The summed E-state index contributed by atoms with van der Waals surface area (Å²) in [5.74, 6) is -1.06. The smallest absolute Gasteiger partial charge is 0.326 e. The lowest BCUT2D eigenvalue weighted by Crippen LogP contribution is -2.53. The lowest BCUT2D eigenvalue weighted by Gasteiger charge is -2.31. The highest BCUT2D eigenvalue weighted by Crippen LogP contribution is 2.27. The van der Waals surface area contributed by atoms with Crippen LogP contribution in [0.4, 0.5) is 4.79 Å². The molecule has 3 N–H and O–H groups in total. The highest BCUT2D eigenvalue weighted by molar-refractivity contribution is 7.99. The standard InChI is InChI=1S/C14H26N2O3S/c1-4-9(2)12(13(17)18)16-14(19)15-10-7-5-6-8-11(10)20-3/h9-12H,4-8H2,1-3H3,(H,17,18)(H2,15,16,19)/t9-,10?,11?,12-/m0/s1. The zero-order chi connectivity index (χ0) is 15.1. The molecule has 5 nitrogen and oxygen atoms in total. The van der Waals surface area contributed by atoms with Gasteiger partial charge >= 0.3 is 12.0 Å². The Hall–Kier alpha value is -0.910. The molecule has 6 heteroatoms. The Kier molecular flexibility index (Phi) is 7.19. The average Bonchev–Trinajstić information content (AvgIpc) is 2.44. The summed E-state index contributed by atoms with van der Waals surface area (Å²) in [6.07, 6.45) is 7.18. The van der Waals surface area contributed by atoms with Crippen molar-refractivity contribution in [2.45, 2.75) is 63.3 Å². The van der Waals surface area contributed by atoms with E-state index in [9.17, 15) is 14.7 Å². The van der Waals surface area contributed by atoms with Crippen LogP contribution in [0.25, 0.3) is 0 Å². The molecule has 0 aromatic rings. The third-order valence-corrected chi connectivity index (χ3v) is 5.26. The summed E-state index contributed by atoms with van der Waals surface area (Å²) in [7, 11) is 0. The molecule has 1 aliphatic carbocycles. The molecule has 0 aromatic heterocycles. The predicted octanol–water partition coefficient (Wildman–Crippen LogP) is 2.46. The molecule has 0 spiro atoms. The number of thioether (sulfide) groups is 1. The van der Waals surface area contributed by atoms with Crippen LogP contribution >= 0.6 is 11.8 Å². The molecule has 4 atom stereocenters. The number of rotatable bonds is 6. The van der Waals surface area contributed by atoms with Crippen LogP contribution in [-0.2, 0) is 4.79 Å². The molecule has 1 saturated carbocycles. The van der Waals surface area contributed by atoms with Crippen molar-refractivity contribution >= 4 is 23.8 Å². The summed E-state index contributed by atoms with van der Waals surface area (Å²) in [4.78, 5) is 23.2. The van der Waals surface area contributed by atoms with Gasteiger partial charge in [0.05, 0.1) is 0 Å². The molecule has 2 unspecified atom stereocenters. The van der Waals surface area contributed by atoms with Crippen LogP contribution < -0.4 is 10.6 Å². The van der Waals surface area contributed by atoms with Gasteiger partial charge in [-0.3, -0.25) is 0 Å². The fourth-order valence-corrected chi connectivity index (χ4v) is 3.51. The van der Waals surface area contributed by atoms with E-state index in [0.717, 1.165) is 19.3 Å². The maximum absolute atomic E-state index is 12.0. The van der Waals surface area contributed by atoms with Crippen LogP contribution in [0.15, 0.2) is 0 Å². The van der Waals surface area contributed by atoms with E-state index in [1.54, 1.807) is 11.8 Å². The van der Waals surface area contributed by atoms with E-state index in [0.29, 0.717) is 11.7 Å². The van der Waals surface area contributed by atoms with Crippen molar-refractivity contribution in [3.63, 3.8) is 0 Å². The number of amides is 2. The van der Waals surface area contributed by atoms with Crippen LogP contribution in [0.1, 0.15) is 46.0 Å². The van der Waals surface area contributed by atoms with Crippen molar-refractivity contribution in [1.29, 1.82) is 0 Å². The van der Waals surface area contributed by atoms with Gasteiger partial charge in [-0.25, -0.2) is 9.59 Å². The van der Waals surface area contributed by atoms with E-state index in [-0.39, 0.29) is 18.0 Å². The fourth-order valence-electron chi connectivity index (χ4n) is 2.58. The molecule has 1 rings (SSSR count). The largest absolute Gasteiger partial charge is 0.480 e. The van der Waals surface area contributed by atoms with E-state index in [1.807, 2.05) is 13.8 Å². The summed E-state index contributed by atoms with van der Waals surface area (Å²) in [6.45, 7) is 3.76. The van der Waals surface area contributed by atoms with Crippen LogP contribution in [0.2, 0.25) is 0 Å². The first-order valence-electron chi connectivity index (χ1n) is 7.32. The van der Waals surface area contributed by atoms with Crippen molar-refractivity contribution in [2.75, 3.05) is 6.26 Å². The van der Waals surface area contributed by atoms with Crippen LogP contribution in [0.5, 0.6) is 0 Å². The van der Waals surface area contributed by atoms with Crippen molar-refractivity contribution in [2.24, 2.45) is 5.92 Å². The topological polar surface area (TPSA) is 78.4 Å². The van der Waals surface area contributed by atoms with E-state index in [4.69, 9.17) is 0 Å². The second-order valence-electron chi connectivity index (χ2n) is 5.48. The monoisotopic (exact) mass is 302 g/mol. The van der Waals surface area contributed by atoms with Gasteiger partial charge in [0.15, 0.2) is 0 Å². The number of nitrogens with one attached hydrogen (secondary N) is 2. The number of hydrogen-bond donors (Lipinski definition) is 3. The van der Waals surface area contributed by atoms with Gasteiger partial charge in [-0.2, -0.15) is 11.8 Å². The molecule has 0 radical (unpaired) electrons. The minimum Gasteiger partial charge on any atom is -0.480 e. The number of aliphatic carboxylic acids is 1. The number of carbonyl (C=O) groups is 2. The molecule has 0 saturated heterocycles. The molecule has 20 heavy (non-hydrogen) atoms. The molecule has 0 heterocycles. The van der Waals surface area contributed by atoms with Gasteiger partial charge in [0, 0.05) is 11.3 Å². The first-order chi connectivity index (χ1) is 9.49. The zero-order valence-electron chi connectivity index (χ0n) is 12.5. The molecule has 1 fully saturated rings. The van der Waals surface area contributed by atoms with Crippen LogP contribution in [0, 0.1) is 5.92 Å². The van der Waals surface area contributed by atoms with E-state index in [1.165, 1.54) is 6.42 Å². The van der Waals surface area contributed by atoms with Crippen LogP contribution in [0.3, 0.4) is 0 Å². The Morgan fingerprint density at radius 1 is 1.35 bits per heavy atom. The minimum absolute atomic E-state index is 0.0825. The zero-order valence-corrected chi connectivity index (χ0v) is 13.3. The maximum Gasteiger partial charge on any atom is 0.326 e. The van der Waals surface area contributed by atoms with Gasteiger partial charge in [0.1, 0.15) is 6.04 Å². The fraction of sp³-hybridized carbons (Fsp3) is 0.857. The third kappa shape index (κ3) is 4.89. The Labute approximate surface area is 125 Å². The molecule has 0 aromatic carbocycles. The van der Waals surface area contributed by atoms with Crippen molar-refractivity contribution in [3.8, 4) is 0 Å². The van der Waals surface area contributed by atoms with Gasteiger partial charge < -0.3 is 15.7 Å². The van der Waals surface area contributed by atoms with Gasteiger partial charge in [-0.05, 0) is 25.0 Å². The lowest BCUT2D eigenvalue weighted by atomic mass is 9.95. The molecule has 1 aliphatic rings. The van der Waals surface area contributed by atoms with E-state index < -0.39 is 12.0 Å². The van der Waals surface area contributed by atoms with Crippen molar-refractivity contribution in [1.82, 2.24) is 10.6 Å². The summed E-state index contributed by atoms with van der Waals surface area (Å²) in [5, 5.41) is 15.2. The Bertz CT molecular complexity index is 338.